The molecule has 23 heavy (non-hydrogen) atoms. The van der Waals surface area contributed by atoms with Crippen LogP contribution in [-0.2, 0) is 16.1 Å². The molecule has 0 aliphatic carbocycles. The number of nitrogens with zero attached hydrogens (tertiary/aromatic N) is 1. The van der Waals surface area contributed by atoms with Crippen LogP contribution in [0.5, 0.6) is 0 Å². The summed E-state index contributed by atoms with van der Waals surface area (Å²) in [6.45, 7) is 2.24. The second-order valence-electron chi connectivity index (χ2n) is 6.25. The number of carbonyl (C=O) groups is 1. The second-order valence-corrected chi connectivity index (χ2v) is 6.25. The second kappa shape index (κ2) is 6.69. The number of ether oxygens (including phenoxy) is 1. The zero-order valence-corrected chi connectivity index (χ0v) is 13.8. The molecule has 0 bridgehead atoms. The van der Waals surface area contributed by atoms with Crippen molar-refractivity contribution < 1.29 is 9.53 Å². The van der Waals surface area contributed by atoms with Gasteiger partial charge in [-0.1, -0.05) is 42.5 Å². The van der Waals surface area contributed by atoms with Crippen LogP contribution in [0.4, 0.5) is 0 Å². The van der Waals surface area contributed by atoms with E-state index < -0.39 is 5.60 Å². The zero-order valence-electron chi connectivity index (χ0n) is 13.8. The molecule has 1 amide bonds. The molecule has 1 heterocycles. The molecule has 0 saturated carbocycles. The molecule has 3 rings (SSSR count). The highest BCUT2D eigenvalue weighted by Crippen LogP contribution is 2.26. The molecule has 2 aromatic carbocycles. The van der Waals surface area contributed by atoms with Gasteiger partial charge in [-0.2, -0.15) is 0 Å². The van der Waals surface area contributed by atoms with Crippen LogP contribution in [0.2, 0.25) is 0 Å². The Bertz CT molecular complexity index is 687. The van der Waals surface area contributed by atoms with Crippen LogP contribution < -0.4 is 5.32 Å². The molecule has 4 heteroatoms. The van der Waals surface area contributed by atoms with E-state index in [0.29, 0.717) is 6.54 Å². The van der Waals surface area contributed by atoms with E-state index in [-0.39, 0.29) is 5.91 Å². The summed E-state index contributed by atoms with van der Waals surface area (Å²) in [6, 6.07) is 14.5. The maximum absolute atomic E-state index is 13.0. The first-order valence-corrected chi connectivity index (χ1v) is 8.14. The molecular weight excluding hydrogens is 288 g/mol. The number of fused-ring (bicyclic) bond motifs is 1. The maximum atomic E-state index is 13.0. The van der Waals surface area contributed by atoms with Gasteiger partial charge < -0.3 is 15.0 Å². The van der Waals surface area contributed by atoms with Gasteiger partial charge in [0.25, 0.3) is 5.91 Å². The van der Waals surface area contributed by atoms with Gasteiger partial charge in [-0.15, -0.1) is 0 Å². The molecule has 0 spiro atoms. The zero-order chi connectivity index (χ0) is 16.3. The van der Waals surface area contributed by atoms with E-state index in [9.17, 15) is 4.79 Å². The van der Waals surface area contributed by atoms with Gasteiger partial charge in [0, 0.05) is 20.7 Å². The topological polar surface area (TPSA) is 41.6 Å². The molecule has 1 N–H and O–H groups in total. The molecular formula is C19H24N2O2. The summed E-state index contributed by atoms with van der Waals surface area (Å²) in [4.78, 5) is 14.8. The highest BCUT2D eigenvalue weighted by atomic mass is 16.5. The van der Waals surface area contributed by atoms with Crippen molar-refractivity contribution in [3.63, 3.8) is 0 Å². The molecule has 0 unspecified atom stereocenters. The third-order valence-electron chi connectivity index (χ3n) is 4.83. The van der Waals surface area contributed by atoms with E-state index in [0.717, 1.165) is 25.9 Å². The highest BCUT2D eigenvalue weighted by Gasteiger charge is 2.41. The normalized spacial score (nSPS) is 17.1. The van der Waals surface area contributed by atoms with Crippen molar-refractivity contribution >= 4 is 16.7 Å². The number of likely N-dealkylation sites (N-methyl/N-ethyl adjacent to an activating group) is 1. The van der Waals surface area contributed by atoms with Gasteiger partial charge >= 0.3 is 0 Å². The minimum Gasteiger partial charge on any atom is -0.368 e. The van der Waals surface area contributed by atoms with E-state index in [1.807, 2.05) is 25.2 Å². The van der Waals surface area contributed by atoms with Crippen LogP contribution in [0, 0.1) is 0 Å². The van der Waals surface area contributed by atoms with E-state index in [1.54, 1.807) is 12.0 Å². The van der Waals surface area contributed by atoms with Crippen molar-refractivity contribution in [3.05, 3.63) is 48.0 Å². The number of hydrogen-bond donors (Lipinski definition) is 1. The Morgan fingerprint density at radius 3 is 2.61 bits per heavy atom. The fraction of sp³-hybridized carbons (Fsp3) is 0.421. The monoisotopic (exact) mass is 312 g/mol. The summed E-state index contributed by atoms with van der Waals surface area (Å²) in [5, 5.41) is 5.69. The Morgan fingerprint density at radius 1 is 1.17 bits per heavy atom. The number of hydrogen-bond acceptors (Lipinski definition) is 3. The first-order valence-electron chi connectivity index (χ1n) is 8.14. The Labute approximate surface area is 137 Å². The summed E-state index contributed by atoms with van der Waals surface area (Å²) in [7, 11) is 3.52. The van der Waals surface area contributed by atoms with Crippen LogP contribution in [0.1, 0.15) is 18.4 Å². The molecule has 0 aromatic heterocycles. The Balaban J connectivity index is 1.82. The predicted molar refractivity (Wildman–Crippen MR) is 92.3 cm³/mol. The highest BCUT2D eigenvalue weighted by molar-refractivity contribution is 5.88. The maximum Gasteiger partial charge on any atom is 0.254 e. The van der Waals surface area contributed by atoms with Crippen LogP contribution in [0.25, 0.3) is 10.8 Å². The van der Waals surface area contributed by atoms with Gasteiger partial charge in [0.1, 0.15) is 5.60 Å². The van der Waals surface area contributed by atoms with E-state index in [4.69, 9.17) is 4.74 Å². The first kappa shape index (κ1) is 16.0. The van der Waals surface area contributed by atoms with E-state index in [1.165, 1.54) is 16.3 Å². The lowest BCUT2D eigenvalue weighted by molar-refractivity contribution is -0.157. The molecule has 1 saturated heterocycles. The van der Waals surface area contributed by atoms with Crippen molar-refractivity contribution in [2.75, 3.05) is 27.2 Å². The quantitative estimate of drug-likeness (QED) is 0.943. The minimum absolute atomic E-state index is 0.0782. The minimum atomic E-state index is -0.676. The van der Waals surface area contributed by atoms with Gasteiger partial charge in [0.15, 0.2) is 0 Å². The Morgan fingerprint density at radius 2 is 1.87 bits per heavy atom. The molecule has 1 fully saturated rings. The lowest BCUT2D eigenvalue weighted by Crippen LogP contribution is -2.54. The SMILES string of the molecule is COC1(C(=O)N(C)Cc2cccc3ccccc23)CCNCC1. The van der Waals surface area contributed by atoms with Gasteiger partial charge in [-0.05, 0) is 42.3 Å². The van der Waals surface area contributed by atoms with Crippen LogP contribution in [-0.4, -0.2) is 43.7 Å². The van der Waals surface area contributed by atoms with E-state index >= 15 is 0 Å². The smallest absolute Gasteiger partial charge is 0.254 e. The van der Waals surface area contributed by atoms with Crippen LogP contribution >= 0.6 is 0 Å². The summed E-state index contributed by atoms with van der Waals surface area (Å²) in [5.41, 5.74) is 0.490. The van der Waals surface area contributed by atoms with Gasteiger partial charge in [-0.25, -0.2) is 0 Å². The van der Waals surface area contributed by atoms with Crippen LogP contribution in [0.15, 0.2) is 42.5 Å². The standard InChI is InChI=1S/C19H24N2O2/c1-21(18(22)19(23-2)10-12-20-13-11-19)14-16-8-5-7-15-6-3-4-9-17(15)16/h3-9,20H,10-14H2,1-2H3. The molecule has 4 nitrogen and oxygen atoms in total. The summed E-state index contributed by atoms with van der Waals surface area (Å²) in [6.07, 6.45) is 1.45. The largest absolute Gasteiger partial charge is 0.368 e. The van der Waals surface area contributed by atoms with Crippen molar-refractivity contribution in [2.24, 2.45) is 0 Å². The third-order valence-corrected chi connectivity index (χ3v) is 4.83. The van der Waals surface area contributed by atoms with Gasteiger partial charge in [0.2, 0.25) is 0 Å². The van der Waals surface area contributed by atoms with Gasteiger partial charge in [0.05, 0.1) is 0 Å². The lowest BCUT2D eigenvalue weighted by atomic mass is 9.90. The van der Waals surface area contributed by atoms with Gasteiger partial charge in [-0.3, -0.25) is 4.79 Å². The molecule has 0 atom stereocenters. The Kier molecular flexibility index (Phi) is 4.64. The molecule has 1 aliphatic rings. The lowest BCUT2D eigenvalue weighted by Gasteiger charge is -2.37. The fourth-order valence-electron chi connectivity index (χ4n) is 3.44. The molecule has 0 radical (unpaired) electrons. The summed E-state index contributed by atoms with van der Waals surface area (Å²) in [5.74, 6) is 0.0782. The average molecular weight is 312 g/mol. The van der Waals surface area contributed by atoms with Crippen molar-refractivity contribution in [1.29, 1.82) is 0 Å². The average Bonchev–Trinajstić information content (AvgIpc) is 2.62. The number of carbonyl (C=O) groups excluding carboxylic acids is 1. The number of rotatable bonds is 4. The first-order chi connectivity index (χ1) is 11.2. The number of nitrogens with one attached hydrogen (secondary N) is 1. The fourth-order valence-corrected chi connectivity index (χ4v) is 3.44. The van der Waals surface area contributed by atoms with Crippen LogP contribution in [0.3, 0.4) is 0 Å². The summed E-state index contributed by atoms with van der Waals surface area (Å²) >= 11 is 0. The molecule has 1 aliphatic heterocycles. The number of piperidine rings is 1. The number of benzene rings is 2. The number of amides is 1. The van der Waals surface area contributed by atoms with Crippen molar-refractivity contribution in [2.45, 2.75) is 25.0 Å². The number of methoxy groups -OCH3 is 1. The van der Waals surface area contributed by atoms with Crippen molar-refractivity contribution in [1.82, 2.24) is 10.2 Å². The third kappa shape index (κ3) is 3.09. The van der Waals surface area contributed by atoms with E-state index in [2.05, 4.69) is 29.6 Å². The molecule has 2 aromatic rings. The summed E-state index contributed by atoms with van der Waals surface area (Å²) < 4.78 is 5.66. The predicted octanol–water partition coefficient (Wildman–Crippen LogP) is 2.57. The van der Waals surface area contributed by atoms with Crippen molar-refractivity contribution in [3.8, 4) is 0 Å². The molecule has 122 valence electrons. The Hall–Kier alpha value is -1.91.